The molecule has 3 heterocycles. The highest BCUT2D eigenvalue weighted by Gasteiger charge is 2.19. The van der Waals surface area contributed by atoms with Crippen LogP contribution < -0.4 is 24.6 Å². The summed E-state index contributed by atoms with van der Waals surface area (Å²) in [4.78, 5) is 22.0. The molecule has 186 valence electrons. The predicted molar refractivity (Wildman–Crippen MR) is 140 cm³/mol. The molecule has 1 aromatic heterocycles. The molecule has 1 saturated heterocycles. The van der Waals surface area contributed by atoms with E-state index in [2.05, 4.69) is 50.6 Å². The maximum Gasteiger partial charge on any atom is 0.321 e. The number of H-pyrrole nitrogens is 1. The molecule has 2 aliphatic heterocycles. The molecule has 3 aromatic rings. The molecule has 8 heteroatoms. The van der Waals surface area contributed by atoms with Gasteiger partial charge in [0.25, 0.3) is 0 Å². The van der Waals surface area contributed by atoms with Gasteiger partial charge in [-0.1, -0.05) is 0 Å². The highest BCUT2D eigenvalue weighted by Crippen LogP contribution is 2.34. The summed E-state index contributed by atoms with van der Waals surface area (Å²) in [5.74, 6) is 1.71. The van der Waals surface area contributed by atoms with Crippen molar-refractivity contribution in [3.63, 3.8) is 0 Å². The van der Waals surface area contributed by atoms with Gasteiger partial charge in [-0.25, -0.2) is 4.79 Å². The molecule has 1 fully saturated rings. The normalized spacial score (nSPS) is 15.9. The van der Waals surface area contributed by atoms with Crippen LogP contribution in [0.4, 0.5) is 16.2 Å². The molecule has 0 unspecified atom stereocenters. The second kappa shape index (κ2) is 10.5. The Bertz CT molecular complexity index is 1170. The quantitative estimate of drug-likeness (QED) is 0.506. The molecular formula is C27H35N5O3. The van der Waals surface area contributed by atoms with E-state index in [1.54, 1.807) is 19.0 Å². The minimum absolute atomic E-state index is 0.115. The minimum Gasteiger partial charge on any atom is -0.486 e. The van der Waals surface area contributed by atoms with Crippen molar-refractivity contribution in [2.45, 2.75) is 19.3 Å². The summed E-state index contributed by atoms with van der Waals surface area (Å²) in [6.45, 7) is 6.60. The fraction of sp³-hybridized carbons (Fsp3) is 0.444. The number of ether oxygens (including phenoxy) is 2. The third-order valence-corrected chi connectivity index (χ3v) is 7.09. The Balaban J connectivity index is 1.09. The van der Waals surface area contributed by atoms with E-state index in [4.69, 9.17) is 9.47 Å². The van der Waals surface area contributed by atoms with Crippen LogP contribution in [0, 0.1) is 0 Å². The number of carbonyl (C=O) groups is 1. The number of unbranched alkanes of at least 4 members (excludes halogenated alkanes) is 1. The van der Waals surface area contributed by atoms with Gasteiger partial charge in [-0.15, -0.1) is 0 Å². The minimum atomic E-state index is -0.115. The van der Waals surface area contributed by atoms with E-state index in [0.717, 1.165) is 68.3 Å². The Hall–Kier alpha value is -3.39. The van der Waals surface area contributed by atoms with Crippen LogP contribution in [0.15, 0.2) is 42.6 Å². The summed E-state index contributed by atoms with van der Waals surface area (Å²) in [7, 11) is 3.44. The number of aromatic amines is 1. The first-order valence-corrected chi connectivity index (χ1v) is 12.5. The maximum atomic E-state index is 12.0. The molecule has 8 nitrogen and oxygen atoms in total. The van der Waals surface area contributed by atoms with Crippen molar-refractivity contribution >= 4 is 28.3 Å². The molecule has 2 aliphatic rings. The van der Waals surface area contributed by atoms with Gasteiger partial charge in [-0.05, 0) is 61.7 Å². The van der Waals surface area contributed by atoms with Gasteiger partial charge in [0.05, 0.1) is 0 Å². The van der Waals surface area contributed by atoms with E-state index in [0.29, 0.717) is 13.2 Å². The van der Waals surface area contributed by atoms with Crippen LogP contribution >= 0.6 is 0 Å². The summed E-state index contributed by atoms with van der Waals surface area (Å²) in [5.41, 5.74) is 4.54. The van der Waals surface area contributed by atoms with Crippen LogP contribution in [0.5, 0.6) is 11.5 Å². The molecule has 2 aromatic carbocycles. The number of amides is 2. The Morgan fingerprint density at radius 3 is 2.63 bits per heavy atom. The lowest BCUT2D eigenvalue weighted by Gasteiger charge is -2.36. The SMILES string of the molecule is CNC(=O)N(C)c1ccc2[nH]cc(CCCCN3CCN(c4ccc5c(c4)OCCO5)CC3)c2c1. The zero-order valence-electron chi connectivity index (χ0n) is 20.7. The van der Waals surface area contributed by atoms with Gasteiger partial charge in [0.15, 0.2) is 11.5 Å². The number of hydrogen-bond donors (Lipinski definition) is 2. The van der Waals surface area contributed by atoms with Gasteiger partial charge in [-0.2, -0.15) is 0 Å². The van der Waals surface area contributed by atoms with Crippen molar-refractivity contribution in [3.05, 3.63) is 48.2 Å². The molecule has 2 N–H and O–H groups in total. The number of urea groups is 1. The third-order valence-electron chi connectivity index (χ3n) is 7.09. The van der Waals surface area contributed by atoms with Gasteiger partial charge >= 0.3 is 6.03 Å². The third kappa shape index (κ3) is 5.17. The Morgan fingerprint density at radius 1 is 1.03 bits per heavy atom. The van der Waals surface area contributed by atoms with Gasteiger partial charge < -0.3 is 24.7 Å². The molecule has 35 heavy (non-hydrogen) atoms. The second-order valence-corrected chi connectivity index (χ2v) is 9.27. The van der Waals surface area contributed by atoms with Crippen molar-refractivity contribution in [2.75, 3.05) is 69.8 Å². The summed E-state index contributed by atoms with van der Waals surface area (Å²) >= 11 is 0. The van der Waals surface area contributed by atoms with E-state index >= 15 is 0 Å². The van der Waals surface area contributed by atoms with Crippen LogP contribution in [0.25, 0.3) is 10.9 Å². The first kappa shape index (κ1) is 23.4. The fourth-order valence-corrected chi connectivity index (χ4v) is 4.98. The number of carbonyl (C=O) groups excluding carboxylic acids is 1. The molecule has 0 bridgehead atoms. The standard InChI is InChI=1S/C27H35N5O3/c1-28-27(33)30(2)21-6-8-24-23(17-21)20(19-29-24)5-3-4-10-31-11-13-32(14-12-31)22-7-9-25-26(18-22)35-16-15-34-25/h6-9,17-19,29H,3-5,10-16H2,1-2H3,(H,28,33). The highest BCUT2D eigenvalue weighted by atomic mass is 16.6. The van der Waals surface area contributed by atoms with Gasteiger partial charge in [0.2, 0.25) is 0 Å². The molecular weight excluding hydrogens is 442 g/mol. The largest absolute Gasteiger partial charge is 0.486 e. The number of rotatable bonds is 7. The summed E-state index contributed by atoms with van der Waals surface area (Å²) in [5, 5.41) is 3.88. The zero-order chi connectivity index (χ0) is 24.2. The first-order valence-electron chi connectivity index (χ1n) is 12.5. The van der Waals surface area contributed by atoms with Crippen molar-refractivity contribution < 1.29 is 14.3 Å². The molecule has 0 atom stereocenters. The number of aryl methyl sites for hydroxylation is 1. The van der Waals surface area contributed by atoms with Crippen LogP contribution in [-0.2, 0) is 6.42 Å². The highest BCUT2D eigenvalue weighted by molar-refractivity contribution is 5.95. The van der Waals surface area contributed by atoms with E-state index in [1.165, 1.54) is 23.1 Å². The topological polar surface area (TPSA) is 73.1 Å². The number of benzene rings is 2. The molecule has 0 radical (unpaired) electrons. The lowest BCUT2D eigenvalue weighted by Crippen LogP contribution is -2.46. The monoisotopic (exact) mass is 477 g/mol. The summed E-state index contributed by atoms with van der Waals surface area (Å²) < 4.78 is 11.4. The molecule has 5 rings (SSSR count). The first-order chi connectivity index (χ1) is 17.1. The van der Waals surface area contributed by atoms with Gasteiger partial charge in [-0.3, -0.25) is 9.80 Å². The van der Waals surface area contributed by atoms with Crippen molar-refractivity contribution in [2.24, 2.45) is 0 Å². The fourth-order valence-electron chi connectivity index (χ4n) is 4.98. The number of anilines is 2. The average molecular weight is 478 g/mol. The number of nitrogens with zero attached hydrogens (tertiary/aromatic N) is 3. The van der Waals surface area contributed by atoms with Gasteiger partial charge in [0, 0.05) is 74.8 Å². The lowest BCUT2D eigenvalue weighted by molar-refractivity contribution is 0.171. The number of aromatic nitrogens is 1. The lowest BCUT2D eigenvalue weighted by atomic mass is 10.1. The van der Waals surface area contributed by atoms with E-state index in [-0.39, 0.29) is 6.03 Å². The van der Waals surface area contributed by atoms with Crippen molar-refractivity contribution in [1.29, 1.82) is 0 Å². The second-order valence-electron chi connectivity index (χ2n) is 9.27. The predicted octanol–water partition coefficient (Wildman–Crippen LogP) is 3.86. The summed E-state index contributed by atoms with van der Waals surface area (Å²) in [6, 6.07) is 12.3. The molecule has 2 amide bonds. The molecule has 0 spiro atoms. The van der Waals surface area contributed by atoms with Crippen LogP contribution in [0.1, 0.15) is 18.4 Å². The van der Waals surface area contributed by atoms with Gasteiger partial charge in [0.1, 0.15) is 13.2 Å². The number of fused-ring (bicyclic) bond motifs is 2. The van der Waals surface area contributed by atoms with Crippen molar-refractivity contribution in [1.82, 2.24) is 15.2 Å². The number of hydrogen-bond acceptors (Lipinski definition) is 5. The van der Waals surface area contributed by atoms with E-state index < -0.39 is 0 Å². The maximum absolute atomic E-state index is 12.0. The van der Waals surface area contributed by atoms with Crippen molar-refractivity contribution in [3.8, 4) is 11.5 Å². The zero-order valence-corrected chi connectivity index (χ0v) is 20.7. The van der Waals surface area contributed by atoms with Crippen LogP contribution in [0.3, 0.4) is 0 Å². The van der Waals surface area contributed by atoms with Crippen LogP contribution in [-0.4, -0.2) is 75.9 Å². The van der Waals surface area contributed by atoms with E-state index in [1.807, 2.05) is 12.1 Å². The summed E-state index contributed by atoms with van der Waals surface area (Å²) in [6.07, 6.45) is 5.46. The molecule has 0 saturated carbocycles. The van der Waals surface area contributed by atoms with Crippen LogP contribution in [0.2, 0.25) is 0 Å². The number of nitrogens with one attached hydrogen (secondary N) is 2. The number of piperazine rings is 1. The Labute approximate surface area is 206 Å². The Morgan fingerprint density at radius 2 is 1.83 bits per heavy atom. The smallest absolute Gasteiger partial charge is 0.321 e. The van der Waals surface area contributed by atoms with E-state index in [9.17, 15) is 4.79 Å². The average Bonchev–Trinajstić information content (AvgIpc) is 3.32. The molecule has 0 aliphatic carbocycles. The Kier molecular flexibility index (Phi) is 6.99.